The molecular weight excluding hydrogens is 420 g/mol. The van der Waals surface area contributed by atoms with Crippen molar-refractivity contribution in [2.24, 2.45) is 5.92 Å². The Labute approximate surface area is 192 Å². The van der Waals surface area contributed by atoms with Gasteiger partial charge in [0.15, 0.2) is 0 Å². The van der Waals surface area contributed by atoms with Crippen LogP contribution in [0, 0.1) is 19.8 Å². The topological polar surface area (TPSA) is 66.4 Å². The maximum Gasteiger partial charge on any atom is 0.257 e. The monoisotopic (exact) mass is 448 g/mol. The molecule has 1 aliphatic rings. The van der Waals surface area contributed by atoms with Gasteiger partial charge in [0, 0.05) is 37.3 Å². The number of hydrogen-bond acceptors (Lipinski definition) is 5. The highest BCUT2D eigenvalue weighted by atomic mass is 32.1. The van der Waals surface area contributed by atoms with E-state index < -0.39 is 0 Å². The molecule has 0 N–H and O–H groups in total. The van der Waals surface area contributed by atoms with Gasteiger partial charge in [0.1, 0.15) is 5.82 Å². The summed E-state index contributed by atoms with van der Waals surface area (Å²) < 4.78 is 0. The molecule has 32 heavy (non-hydrogen) atoms. The summed E-state index contributed by atoms with van der Waals surface area (Å²) in [4.78, 5) is 40.1. The summed E-state index contributed by atoms with van der Waals surface area (Å²) in [5, 5.41) is 2.06. The normalized spacial score (nSPS) is 16.8. The summed E-state index contributed by atoms with van der Waals surface area (Å²) in [6.07, 6.45) is 2.20. The van der Waals surface area contributed by atoms with Crippen molar-refractivity contribution < 1.29 is 9.59 Å². The van der Waals surface area contributed by atoms with Crippen LogP contribution in [0.25, 0.3) is 10.4 Å². The van der Waals surface area contributed by atoms with Gasteiger partial charge in [0.2, 0.25) is 5.91 Å². The molecule has 0 radical (unpaired) electrons. The number of benzene rings is 1. The Morgan fingerprint density at radius 2 is 1.97 bits per heavy atom. The number of thiophene rings is 1. The molecule has 0 saturated carbocycles. The molecule has 0 bridgehead atoms. The minimum Gasteiger partial charge on any atom is -0.341 e. The zero-order valence-electron chi connectivity index (χ0n) is 18.7. The van der Waals surface area contributed by atoms with Crippen LogP contribution in [0.5, 0.6) is 0 Å². The van der Waals surface area contributed by atoms with Gasteiger partial charge < -0.3 is 9.80 Å². The molecule has 2 aromatic heterocycles. The Balaban J connectivity index is 1.63. The molecule has 166 valence electrons. The minimum absolute atomic E-state index is 0.107. The lowest BCUT2D eigenvalue weighted by Gasteiger charge is -2.24. The van der Waals surface area contributed by atoms with Gasteiger partial charge >= 0.3 is 0 Å². The number of hydrogen-bond donors (Lipinski definition) is 0. The third-order valence-corrected chi connectivity index (χ3v) is 6.91. The van der Waals surface area contributed by atoms with E-state index in [0.29, 0.717) is 49.7 Å². The fraction of sp³-hybridized carbons (Fsp3) is 0.360. The Kier molecular flexibility index (Phi) is 6.65. The van der Waals surface area contributed by atoms with Gasteiger partial charge in [-0.15, -0.1) is 11.3 Å². The molecule has 3 aromatic rings. The second-order valence-corrected chi connectivity index (χ2v) is 9.07. The van der Waals surface area contributed by atoms with Crippen LogP contribution in [0.4, 0.5) is 0 Å². The van der Waals surface area contributed by atoms with Crippen LogP contribution in [-0.2, 0) is 11.2 Å². The number of rotatable bonds is 5. The Morgan fingerprint density at radius 1 is 1.16 bits per heavy atom. The molecule has 7 heteroatoms. The lowest BCUT2D eigenvalue weighted by molar-refractivity contribution is -0.134. The first-order valence-electron chi connectivity index (χ1n) is 11.0. The number of amides is 2. The van der Waals surface area contributed by atoms with Gasteiger partial charge in [-0.05, 0) is 49.8 Å². The average Bonchev–Trinajstić information content (AvgIpc) is 3.27. The highest BCUT2D eigenvalue weighted by Gasteiger charge is 2.33. The Bertz CT molecular complexity index is 1110. The van der Waals surface area contributed by atoms with Crippen LogP contribution in [-0.4, -0.2) is 57.8 Å². The fourth-order valence-corrected chi connectivity index (χ4v) is 5.08. The van der Waals surface area contributed by atoms with Crippen molar-refractivity contribution in [2.75, 3.05) is 26.2 Å². The molecule has 4 rings (SSSR count). The molecule has 1 fully saturated rings. The highest BCUT2D eigenvalue weighted by molar-refractivity contribution is 7.13. The molecule has 3 heterocycles. The largest absolute Gasteiger partial charge is 0.341 e. The van der Waals surface area contributed by atoms with E-state index in [1.54, 1.807) is 22.4 Å². The van der Waals surface area contributed by atoms with E-state index in [1.807, 2.05) is 43.9 Å². The van der Waals surface area contributed by atoms with Crippen molar-refractivity contribution in [3.63, 3.8) is 0 Å². The number of likely N-dealkylation sites (N-methyl/N-ethyl adjacent to an activating group) is 1. The molecule has 1 saturated heterocycles. The van der Waals surface area contributed by atoms with Crippen LogP contribution in [0.3, 0.4) is 0 Å². The zero-order valence-corrected chi connectivity index (χ0v) is 19.6. The van der Waals surface area contributed by atoms with E-state index >= 15 is 0 Å². The summed E-state index contributed by atoms with van der Waals surface area (Å²) in [6, 6.07) is 12.4. The van der Waals surface area contributed by atoms with Crippen LogP contribution in [0.15, 0.2) is 48.0 Å². The lowest BCUT2D eigenvalue weighted by Crippen LogP contribution is -2.38. The highest BCUT2D eigenvalue weighted by Crippen LogP contribution is 2.30. The maximum absolute atomic E-state index is 13.4. The van der Waals surface area contributed by atoms with E-state index in [-0.39, 0.29) is 17.7 Å². The molecule has 1 aliphatic heterocycles. The first-order valence-corrected chi connectivity index (χ1v) is 11.9. The van der Waals surface area contributed by atoms with Gasteiger partial charge in [0.05, 0.1) is 17.2 Å². The first kappa shape index (κ1) is 22.1. The van der Waals surface area contributed by atoms with Crippen LogP contribution in [0.2, 0.25) is 0 Å². The molecule has 2 amide bonds. The number of carbonyl (C=O) groups excluding carboxylic acids is 2. The van der Waals surface area contributed by atoms with Crippen LogP contribution < -0.4 is 0 Å². The summed E-state index contributed by atoms with van der Waals surface area (Å²) in [5.41, 5.74) is 3.47. The van der Waals surface area contributed by atoms with E-state index in [1.165, 1.54) is 4.88 Å². The molecule has 1 atom stereocenters. The van der Waals surface area contributed by atoms with Crippen LogP contribution in [0.1, 0.15) is 34.4 Å². The Hall–Kier alpha value is -3.06. The molecular formula is C25H28N4O2S. The van der Waals surface area contributed by atoms with Crippen molar-refractivity contribution in [2.45, 2.75) is 27.2 Å². The van der Waals surface area contributed by atoms with E-state index in [0.717, 1.165) is 11.1 Å². The van der Waals surface area contributed by atoms with Crippen LogP contribution >= 0.6 is 11.3 Å². The Morgan fingerprint density at radius 3 is 2.69 bits per heavy atom. The smallest absolute Gasteiger partial charge is 0.257 e. The standard InChI is InChI=1S/C25H28N4O2S/c1-4-28-11-12-29(25(31)22-15-26-18(3)27-17(22)2)16-20(24(28)30)14-19-8-5-6-9-21(19)23-10-7-13-32-23/h5-10,13,15,20H,4,11-12,14,16H2,1-3H3. The van der Waals surface area contributed by atoms with Crippen molar-refractivity contribution in [1.82, 2.24) is 19.8 Å². The van der Waals surface area contributed by atoms with Crippen molar-refractivity contribution in [3.8, 4) is 10.4 Å². The summed E-state index contributed by atoms with van der Waals surface area (Å²) in [5.74, 6) is 0.352. The number of nitrogens with zero attached hydrogens (tertiary/aromatic N) is 4. The molecule has 6 nitrogen and oxygen atoms in total. The summed E-state index contributed by atoms with van der Waals surface area (Å²) >= 11 is 1.69. The van der Waals surface area contributed by atoms with Gasteiger partial charge in [-0.3, -0.25) is 9.59 Å². The molecule has 0 spiro atoms. The third kappa shape index (κ3) is 4.58. The van der Waals surface area contributed by atoms with Gasteiger partial charge in [-0.25, -0.2) is 9.97 Å². The third-order valence-electron chi connectivity index (χ3n) is 6.01. The van der Waals surface area contributed by atoms with E-state index in [2.05, 4.69) is 33.5 Å². The van der Waals surface area contributed by atoms with Gasteiger partial charge in [-0.1, -0.05) is 30.3 Å². The zero-order chi connectivity index (χ0) is 22.7. The van der Waals surface area contributed by atoms with E-state index in [4.69, 9.17) is 0 Å². The number of aromatic nitrogens is 2. The molecule has 1 unspecified atom stereocenters. The summed E-state index contributed by atoms with van der Waals surface area (Å²) in [7, 11) is 0. The molecule has 0 aliphatic carbocycles. The number of aryl methyl sites for hydroxylation is 2. The second-order valence-electron chi connectivity index (χ2n) is 8.12. The van der Waals surface area contributed by atoms with Crippen molar-refractivity contribution in [3.05, 3.63) is 70.6 Å². The fourth-order valence-electron chi connectivity index (χ4n) is 4.29. The quantitative estimate of drug-likeness (QED) is 0.592. The predicted molar refractivity (Wildman–Crippen MR) is 127 cm³/mol. The predicted octanol–water partition coefficient (Wildman–Crippen LogP) is 3.99. The van der Waals surface area contributed by atoms with E-state index in [9.17, 15) is 9.59 Å². The van der Waals surface area contributed by atoms with Gasteiger partial charge in [0.25, 0.3) is 5.91 Å². The number of carbonyl (C=O) groups is 2. The minimum atomic E-state index is -0.297. The molecule has 1 aromatic carbocycles. The summed E-state index contributed by atoms with van der Waals surface area (Å²) in [6.45, 7) is 7.70. The second kappa shape index (κ2) is 9.61. The SMILES string of the molecule is CCN1CCN(C(=O)c2cnc(C)nc2C)CC(Cc2ccccc2-c2cccs2)C1=O. The first-order chi connectivity index (χ1) is 15.5. The van der Waals surface area contributed by atoms with Crippen molar-refractivity contribution in [1.29, 1.82) is 0 Å². The maximum atomic E-state index is 13.4. The average molecular weight is 449 g/mol. The lowest BCUT2D eigenvalue weighted by atomic mass is 9.93. The van der Waals surface area contributed by atoms with Gasteiger partial charge in [-0.2, -0.15) is 0 Å². The van der Waals surface area contributed by atoms with Crippen molar-refractivity contribution >= 4 is 23.2 Å².